The highest BCUT2D eigenvalue weighted by molar-refractivity contribution is 7.18. The maximum Gasteiger partial charge on any atom is 0.265 e. The standard InChI is InChI=1S/C12H19N5O2S/c1-3-4-17(2)12-16-10(13)9(20-12)11(19)15-7-5-8(18)14-6-7/h7H,3-6,13H2,1-2H3,(H,14,18)(H,15,19). The van der Waals surface area contributed by atoms with Crippen LogP contribution in [0.25, 0.3) is 0 Å². The fourth-order valence-electron chi connectivity index (χ4n) is 2.04. The van der Waals surface area contributed by atoms with E-state index in [-0.39, 0.29) is 23.7 Å². The lowest BCUT2D eigenvalue weighted by Gasteiger charge is -2.13. The number of amides is 2. The number of anilines is 2. The zero-order valence-corrected chi connectivity index (χ0v) is 12.4. The smallest absolute Gasteiger partial charge is 0.265 e. The number of nitrogens with zero attached hydrogens (tertiary/aromatic N) is 2. The highest BCUT2D eigenvalue weighted by Gasteiger charge is 2.25. The number of hydrogen-bond donors (Lipinski definition) is 3. The molecule has 1 aliphatic rings. The van der Waals surface area contributed by atoms with Crippen molar-refractivity contribution >= 4 is 34.1 Å². The third-order valence-electron chi connectivity index (χ3n) is 3.05. The van der Waals surface area contributed by atoms with Crippen LogP contribution in [0, 0.1) is 0 Å². The van der Waals surface area contributed by atoms with Crippen LogP contribution in [-0.2, 0) is 4.79 Å². The van der Waals surface area contributed by atoms with Crippen LogP contribution >= 0.6 is 11.3 Å². The van der Waals surface area contributed by atoms with Gasteiger partial charge in [0.2, 0.25) is 5.91 Å². The molecule has 2 heterocycles. The van der Waals surface area contributed by atoms with Crippen molar-refractivity contribution in [2.75, 3.05) is 30.8 Å². The molecular weight excluding hydrogens is 278 g/mol. The number of aromatic nitrogens is 1. The molecule has 1 aromatic heterocycles. The molecule has 0 bridgehead atoms. The average Bonchev–Trinajstić information content (AvgIpc) is 2.96. The Kier molecular flexibility index (Phi) is 4.43. The van der Waals surface area contributed by atoms with E-state index >= 15 is 0 Å². The van der Waals surface area contributed by atoms with Crippen LogP contribution in [0.5, 0.6) is 0 Å². The lowest BCUT2D eigenvalue weighted by molar-refractivity contribution is -0.119. The van der Waals surface area contributed by atoms with Gasteiger partial charge in [0, 0.05) is 26.6 Å². The average molecular weight is 297 g/mol. The van der Waals surface area contributed by atoms with Gasteiger partial charge >= 0.3 is 0 Å². The van der Waals surface area contributed by atoms with Gasteiger partial charge in [-0.1, -0.05) is 18.3 Å². The minimum Gasteiger partial charge on any atom is -0.382 e. The van der Waals surface area contributed by atoms with Gasteiger partial charge in [-0.3, -0.25) is 9.59 Å². The van der Waals surface area contributed by atoms with Gasteiger partial charge in [0.1, 0.15) is 10.7 Å². The van der Waals surface area contributed by atoms with Crippen LogP contribution in [-0.4, -0.2) is 43.0 Å². The van der Waals surface area contributed by atoms with Gasteiger partial charge < -0.3 is 21.3 Å². The quantitative estimate of drug-likeness (QED) is 0.720. The van der Waals surface area contributed by atoms with Crippen LogP contribution in [0.2, 0.25) is 0 Å². The molecule has 1 aliphatic heterocycles. The summed E-state index contributed by atoms with van der Waals surface area (Å²) in [6, 6.07) is -0.173. The molecule has 2 rings (SSSR count). The number of rotatable bonds is 5. The number of carbonyl (C=O) groups is 2. The Bertz CT molecular complexity index is 516. The van der Waals surface area contributed by atoms with Crippen molar-refractivity contribution in [3.8, 4) is 0 Å². The van der Waals surface area contributed by atoms with Crippen molar-refractivity contribution in [2.24, 2.45) is 0 Å². The second-order valence-corrected chi connectivity index (χ2v) is 5.79. The van der Waals surface area contributed by atoms with Gasteiger partial charge in [-0.2, -0.15) is 0 Å². The number of nitrogens with two attached hydrogens (primary N) is 1. The number of carbonyl (C=O) groups excluding carboxylic acids is 2. The fourth-order valence-corrected chi connectivity index (χ4v) is 2.91. The van der Waals surface area contributed by atoms with Gasteiger partial charge in [-0.25, -0.2) is 4.98 Å². The minimum absolute atomic E-state index is 0.0454. The Morgan fingerprint density at radius 1 is 1.65 bits per heavy atom. The molecule has 0 radical (unpaired) electrons. The summed E-state index contributed by atoms with van der Waals surface area (Å²) in [6.07, 6.45) is 1.31. The second kappa shape index (κ2) is 6.08. The summed E-state index contributed by atoms with van der Waals surface area (Å²) in [5, 5.41) is 6.21. The van der Waals surface area contributed by atoms with E-state index in [0.29, 0.717) is 17.8 Å². The van der Waals surface area contributed by atoms with E-state index in [1.165, 1.54) is 11.3 Å². The molecule has 0 spiro atoms. The van der Waals surface area contributed by atoms with Crippen molar-refractivity contribution in [1.82, 2.24) is 15.6 Å². The summed E-state index contributed by atoms with van der Waals surface area (Å²) in [5.41, 5.74) is 5.81. The first-order valence-corrected chi connectivity index (χ1v) is 7.38. The summed E-state index contributed by atoms with van der Waals surface area (Å²) < 4.78 is 0. The Balaban J connectivity index is 2.04. The molecule has 110 valence electrons. The van der Waals surface area contributed by atoms with Gasteiger partial charge in [-0.05, 0) is 6.42 Å². The lowest BCUT2D eigenvalue weighted by Crippen LogP contribution is -2.36. The SMILES string of the molecule is CCCN(C)c1nc(N)c(C(=O)NC2CNC(=O)C2)s1. The largest absolute Gasteiger partial charge is 0.382 e. The zero-order chi connectivity index (χ0) is 14.7. The molecule has 7 nitrogen and oxygen atoms in total. The number of nitrogen functional groups attached to an aromatic ring is 1. The molecule has 0 saturated carbocycles. The maximum atomic E-state index is 12.1. The maximum absolute atomic E-state index is 12.1. The number of nitrogens with one attached hydrogen (secondary N) is 2. The molecule has 1 unspecified atom stereocenters. The highest BCUT2D eigenvalue weighted by atomic mass is 32.1. The molecule has 20 heavy (non-hydrogen) atoms. The van der Waals surface area contributed by atoms with Gasteiger partial charge in [0.15, 0.2) is 5.13 Å². The summed E-state index contributed by atoms with van der Waals surface area (Å²) >= 11 is 1.27. The monoisotopic (exact) mass is 297 g/mol. The van der Waals surface area contributed by atoms with Gasteiger partial charge in [-0.15, -0.1) is 0 Å². The lowest BCUT2D eigenvalue weighted by atomic mass is 10.2. The molecule has 1 fully saturated rings. The van der Waals surface area contributed by atoms with Crippen LogP contribution in [0.3, 0.4) is 0 Å². The zero-order valence-electron chi connectivity index (χ0n) is 11.6. The van der Waals surface area contributed by atoms with Crippen molar-refractivity contribution in [1.29, 1.82) is 0 Å². The number of hydrogen-bond acceptors (Lipinski definition) is 6. The highest BCUT2D eigenvalue weighted by Crippen LogP contribution is 2.27. The second-order valence-electron chi connectivity index (χ2n) is 4.81. The molecule has 8 heteroatoms. The summed E-state index contributed by atoms with van der Waals surface area (Å²) in [5.74, 6) is -0.0728. The molecule has 0 aliphatic carbocycles. The summed E-state index contributed by atoms with van der Waals surface area (Å²) in [7, 11) is 1.92. The van der Waals surface area contributed by atoms with E-state index in [1.807, 2.05) is 11.9 Å². The van der Waals surface area contributed by atoms with E-state index < -0.39 is 0 Å². The van der Waals surface area contributed by atoms with E-state index in [0.717, 1.165) is 18.1 Å². The minimum atomic E-state index is -0.266. The molecule has 1 aromatic rings. The van der Waals surface area contributed by atoms with E-state index in [1.54, 1.807) is 0 Å². The van der Waals surface area contributed by atoms with Gasteiger partial charge in [0.05, 0.1) is 6.04 Å². The first kappa shape index (κ1) is 14.6. The summed E-state index contributed by atoms with van der Waals surface area (Å²) in [4.78, 5) is 29.8. The Morgan fingerprint density at radius 3 is 3.00 bits per heavy atom. The third-order valence-corrected chi connectivity index (χ3v) is 4.23. The first-order valence-electron chi connectivity index (χ1n) is 6.56. The predicted molar refractivity (Wildman–Crippen MR) is 79.0 cm³/mol. The van der Waals surface area contributed by atoms with Crippen LogP contribution in [0.4, 0.5) is 10.9 Å². The normalized spacial score (nSPS) is 17.9. The van der Waals surface area contributed by atoms with Crippen LogP contribution in [0.1, 0.15) is 29.4 Å². The van der Waals surface area contributed by atoms with Crippen molar-refractivity contribution in [3.05, 3.63) is 4.88 Å². The van der Waals surface area contributed by atoms with E-state index in [2.05, 4.69) is 22.5 Å². The van der Waals surface area contributed by atoms with E-state index in [9.17, 15) is 9.59 Å². The summed E-state index contributed by atoms with van der Waals surface area (Å²) in [6.45, 7) is 3.39. The molecule has 4 N–H and O–H groups in total. The van der Waals surface area contributed by atoms with Crippen molar-refractivity contribution in [2.45, 2.75) is 25.8 Å². The molecule has 2 amide bonds. The van der Waals surface area contributed by atoms with Crippen molar-refractivity contribution < 1.29 is 9.59 Å². The Morgan fingerprint density at radius 2 is 2.40 bits per heavy atom. The molecule has 0 aromatic carbocycles. The molecule has 1 atom stereocenters. The Labute approximate surface area is 121 Å². The molecule has 1 saturated heterocycles. The van der Waals surface area contributed by atoms with Crippen LogP contribution in [0.15, 0.2) is 0 Å². The van der Waals surface area contributed by atoms with Gasteiger partial charge in [0.25, 0.3) is 5.91 Å². The topological polar surface area (TPSA) is 100 Å². The van der Waals surface area contributed by atoms with Crippen LogP contribution < -0.4 is 21.3 Å². The predicted octanol–water partition coefficient (Wildman–Crippen LogP) is 0.190. The Hall–Kier alpha value is -1.83. The fraction of sp³-hybridized carbons (Fsp3) is 0.583. The van der Waals surface area contributed by atoms with E-state index in [4.69, 9.17) is 5.73 Å². The third kappa shape index (κ3) is 3.19. The molecular formula is C12H19N5O2S. The number of thiazole rings is 1. The van der Waals surface area contributed by atoms with Crippen molar-refractivity contribution in [3.63, 3.8) is 0 Å². The first-order chi connectivity index (χ1) is 9.51.